The SMILES string of the molecule is CCCCCCCCCCCCCCC/C=C\C/C=C\CCCCCCCCCCCCCCCCCC(O)CC(=O)NC(CO)C(O)CCCCCCCCCCCCCC. The first kappa shape index (κ1) is 60.8. The van der Waals surface area contributed by atoms with E-state index in [4.69, 9.17) is 0 Å². The van der Waals surface area contributed by atoms with Gasteiger partial charge in [-0.15, -0.1) is 0 Å². The molecule has 0 aromatic heterocycles. The summed E-state index contributed by atoms with van der Waals surface area (Å²) >= 11 is 0. The highest BCUT2D eigenvalue weighted by molar-refractivity contribution is 5.76. The van der Waals surface area contributed by atoms with Crippen LogP contribution in [0.1, 0.15) is 309 Å². The lowest BCUT2D eigenvalue weighted by molar-refractivity contribution is -0.125. The van der Waals surface area contributed by atoms with E-state index in [-0.39, 0.29) is 18.9 Å². The second-order valence-electron chi connectivity index (χ2n) is 19.6. The van der Waals surface area contributed by atoms with E-state index in [2.05, 4.69) is 43.5 Å². The predicted octanol–water partition coefficient (Wildman–Crippen LogP) is 17.3. The summed E-state index contributed by atoms with van der Waals surface area (Å²) < 4.78 is 0. The van der Waals surface area contributed by atoms with E-state index < -0.39 is 18.2 Å². The second-order valence-corrected chi connectivity index (χ2v) is 19.6. The molecule has 0 aliphatic rings. The van der Waals surface area contributed by atoms with E-state index >= 15 is 0 Å². The molecule has 0 aromatic carbocycles. The minimum Gasteiger partial charge on any atom is -0.394 e. The van der Waals surface area contributed by atoms with Crippen molar-refractivity contribution in [3.05, 3.63) is 24.3 Å². The summed E-state index contributed by atoms with van der Waals surface area (Å²) in [7, 11) is 0. The van der Waals surface area contributed by atoms with Gasteiger partial charge in [0, 0.05) is 0 Å². The lowest BCUT2D eigenvalue weighted by Gasteiger charge is -2.23. The zero-order valence-electron chi connectivity index (χ0n) is 42.0. The fraction of sp³-hybridized carbons (Fsp3) is 0.912. The lowest BCUT2D eigenvalue weighted by Crippen LogP contribution is -2.46. The standard InChI is InChI=1S/C57H111NO4/c1-3-5-7-9-11-13-15-17-18-19-20-21-22-23-24-25-26-27-28-29-30-31-32-33-34-35-36-37-38-39-40-42-44-46-48-50-54(60)52-57(62)58-55(53-59)56(61)51-49-47-45-43-41-16-14-12-10-8-6-4-2/h24-25,27-28,54-56,59-61H,3-23,26,29-53H2,1-2H3,(H,58,62)/b25-24-,28-27-. The minimum absolute atomic E-state index is 0.0390. The molecule has 0 aromatic rings. The molecule has 0 radical (unpaired) electrons. The first-order valence-electron chi connectivity index (χ1n) is 28.1. The van der Waals surface area contributed by atoms with Gasteiger partial charge in [-0.3, -0.25) is 4.79 Å². The number of carbonyl (C=O) groups is 1. The van der Waals surface area contributed by atoms with E-state index in [0.29, 0.717) is 12.8 Å². The van der Waals surface area contributed by atoms with Crippen molar-refractivity contribution < 1.29 is 20.1 Å². The van der Waals surface area contributed by atoms with Crippen LogP contribution in [0.2, 0.25) is 0 Å². The number of nitrogens with one attached hydrogen (secondary N) is 1. The van der Waals surface area contributed by atoms with Crippen LogP contribution in [0.5, 0.6) is 0 Å². The first-order chi connectivity index (χ1) is 30.5. The molecule has 0 fully saturated rings. The Morgan fingerprint density at radius 1 is 0.403 bits per heavy atom. The third kappa shape index (κ3) is 48.3. The maximum absolute atomic E-state index is 12.5. The molecule has 0 spiro atoms. The molecule has 3 atom stereocenters. The van der Waals surface area contributed by atoms with Gasteiger partial charge in [0.25, 0.3) is 0 Å². The van der Waals surface area contributed by atoms with Gasteiger partial charge in [-0.1, -0.05) is 282 Å². The molecule has 0 aliphatic heterocycles. The van der Waals surface area contributed by atoms with Gasteiger partial charge in [-0.05, 0) is 44.9 Å². The van der Waals surface area contributed by atoms with Crippen LogP contribution in [0.25, 0.3) is 0 Å². The largest absolute Gasteiger partial charge is 0.394 e. The topological polar surface area (TPSA) is 89.8 Å². The number of hydrogen-bond donors (Lipinski definition) is 4. The molecule has 0 bridgehead atoms. The van der Waals surface area contributed by atoms with Gasteiger partial charge in [0.05, 0.1) is 31.3 Å². The highest BCUT2D eigenvalue weighted by Gasteiger charge is 2.21. The van der Waals surface area contributed by atoms with Crippen LogP contribution in [0.15, 0.2) is 24.3 Å². The van der Waals surface area contributed by atoms with Crippen LogP contribution < -0.4 is 5.32 Å². The molecule has 5 heteroatoms. The number of hydrogen-bond acceptors (Lipinski definition) is 4. The fourth-order valence-corrected chi connectivity index (χ4v) is 8.97. The van der Waals surface area contributed by atoms with Crippen LogP contribution >= 0.6 is 0 Å². The highest BCUT2D eigenvalue weighted by Crippen LogP contribution is 2.18. The highest BCUT2D eigenvalue weighted by atomic mass is 16.3. The molecule has 62 heavy (non-hydrogen) atoms. The monoisotopic (exact) mass is 874 g/mol. The number of aliphatic hydroxyl groups excluding tert-OH is 3. The quantitative estimate of drug-likeness (QED) is 0.0362. The van der Waals surface area contributed by atoms with E-state index in [9.17, 15) is 20.1 Å². The Hall–Kier alpha value is -1.17. The van der Waals surface area contributed by atoms with Crippen LogP contribution in [0.3, 0.4) is 0 Å². The van der Waals surface area contributed by atoms with Crippen LogP contribution in [-0.4, -0.2) is 46.1 Å². The zero-order chi connectivity index (χ0) is 45.1. The molecule has 3 unspecified atom stereocenters. The molecule has 0 rings (SSSR count). The van der Waals surface area contributed by atoms with Crippen molar-refractivity contribution in [3.63, 3.8) is 0 Å². The molecule has 368 valence electrons. The Morgan fingerprint density at radius 2 is 0.694 bits per heavy atom. The summed E-state index contributed by atoms with van der Waals surface area (Å²) in [4.78, 5) is 12.5. The molecule has 0 aliphatic carbocycles. The number of aliphatic hydroxyl groups is 3. The summed E-state index contributed by atoms with van der Waals surface area (Å²) in [6.45, 7) is 4.28. The summed E-state index contributed by atoms with van der Waals surface area (Å²) in [5, 5.41) is 33.5. The van der Waals surface area contributed by atoms with Crippen molar-refractivity contribution in [3.8, 4) is 0 Å². The Morgan fingerprint density at radius 3 is 1.02 bits per heavy atom. The van der Waals surface area contributed by atoms with Gasteiger partial charge >= 0.3 is 0 Å². The normalized spacial score (nSPS) is 13.4. The van der Waals surface area contributed by atoms with Gasteiger partial charge in [0.1, 0.15) is 0 Å². The summed E-state index contributed by atoms with van der Waals surface area (Å²) in [6, 6.07) is -0.656. The average molecular weight is 875 g/mol. The first-order valence-corrected chi connectivity index (χ1v) is 28.1. The van der Waals surface area contributed by atoms with E-state index in [1.165, 1.54) is 244 Å². The van der Waals surface area contributed by atoms with Crippen molar-refractivity contribution in [1.82, 2.24) is 5.32 Å². The smallest absolute Gasteiger partial charge is 0.222 e. The maximum Gasteiger partial charge on any atom is 0.222 e. The van der Waals surface area contributed by atoms with E-state index in [1.54, 1.807) is 0 Å². The number of allylic oxidation sites excluding steroid dienone is 4. The molecule has 4 N–H and O–H groups in total. The Bertz CT molecular complexity index is 920. The average Bonchev–Trinajstić information content (AvgIpc) is 3.27. The summed E-state index contributed by atoms with van der Waals surface area (Å²) in [5.74, 6) is -0.280. The maximum atomic E-state index is 12.5. The molecule has 0 heterocycles. The molecule has 0 saturated heterocycles. The third-order valence-electron chi connectivity index (χ3n) is 13.3. The number of amides is 1. The summed E-state index contributed by atoms with van der Waals surface area (Å²) in [6.07, 6.45) is 66.4. The molecule has 5 nitrogen and oxygen atoms in total. The van der Waals surface area contributed by atoms with E-state index in [1.807, 2.05) is 0 Å². The summed E-state index contributed by atoms with van der Waals surface area (Å²) in [5.41, 5.74) is 0. The Kier molecular flexibility index (Phi) is 51.5. The van der Waals surface area contributed by atoms with Crippen molar-refractivity contribution >= 4 is 5.91 Å². The van der Waals surface area contributed by atoms with Crippen LogP contribution in [0, 0.1) is 0 Å². The van der Waals surface area contributed by atoms with Gasteiger partial charge in [-0.25, -0.2) is 0 Å². The van der Waals surface area contributed by atoms with Crippen LogP contribution in [-0.2, 0) is 4.79 Å². The van der Waals surface area contributed by atoms with Crippen molar-refractivity contribution in [2.75, 3.05) is 6.61 Å². The fourth-order valence-electron chi connectivity index (χ4n) is 8.97. The third-order valence-corrected chi connectivity index (χ3v) is 13.3. The molecular weight excluding hydrogens is 763 g/mol. The van der Waals surface area contributed by atoms with Gasteiger partial charge in [0.15, 0.2) is 0 Å². The minimum atomic E-state index is -0.747. The molecule has 0 saturated carbocycles. The van der Waals surface area contributed by atoms with Crippen molar-refractivity contribution in [2.24, 2.45) is 0 Å². The molecular formula is C57H111NO4. The Balaban J connectivity index is 3.46. The van der Waals surface area contributed by atoms with Crippen molar-refractivity contribution in [2.45, 2.75) is 327 Å². The lowest BCUT2D eigenvalue weighted by atomic mass is 10.0. The van der Waals surface area contributed by atoms with Crippen molar-refractivity contribution in [1.29, 1.82) is 0 Å². The number of rotatable bonds is 52. The van der Waals surface area contributed by atoms with E-state index in [0.717, 1.165) is 32.1 Å². The van der Waals surface area contributed by atoms with Gasteiger partial charge in [0.2, 0.25) is 5.91 Å². The predicted molar refractivity (Wildman–Crippen MR) is 273 cm³/mol. The van der Waals surface area contributed by atoms with Gasteiger partial charge < -0.3 is 20.6 Å². The number of unbranched alkanes of at least 4 members (excludes halogenated alkanes) is 39. The molecule has 1 amide bonds. The number of carbonyl (C=O) groups excluding carboxylic acids is 1. The second kappa shape index (κ2) is 52.5. The Labute approximate surface area is 388 Å². The van der Waals surface area contributed by atoms with Gasteiger partial charge in [-0.2, -0.15) is 0 Å². The zero-order valence-corrected chi connectivity index (χ0v) is 42.0. The van der Waals surface area contributed by atoms with Crippen LogP contribution in [0.4, 0.5) is 0 Å².